The number of nitrogens with zero attached hydrogens (tertiary/aromatic N) is 1. The van der Waals surface area contributed by atoms with E-state index < -0.39 is 23.8 Å². The second-order valence-electron chi connectivity index (χ2n) is 7.30. The zero-order valence-electron chi connectivity index (χ0n) is 18.4. The van der Waals surface area contributed by atoms with Gasteiger partial charge in [-0.2, -0.15) is 5.01 Å². The van der Waals surface area contributed by atoms with Crippen LogP contribution in [-0.2, 0) is 4.79 Å². The van der Waals surface area contributed by atoms with Crippen molar-refractivity contribution in [3.05, 3.63) is 82.0 Å². The molecular formula is C24H16N2O8S2. The molecule has 2 amide bonds. The number of methoxy groups -OCH3 is 1. The maximum atomic E-state index is 12.8. The lowest BCUT2D eigenvalue weighted by atomic mass is 10.0. The summed E-state index contributed by atoms with van der Waals surface area (Å²) in [6.07, 6.45) is 1.42. The quantitative estimate of drug-likeness (QED) is 0.307. The summed E-state index contributed by atoms with van der Waals surface area (Å²) in [5.41, 5.74) is 2.59. The van der Waals surface area contributed by atoms with E-state index in [1.54, 1.807) is 24.3 Å². The minimum atomic E-state index is -1.29. The highest BCUT2D eigenvalue weighted by atomic mass is 32.2. The molecule has 0 atom stereocenters. The van der Waals surface area contributed by atoms with Crippen molar-refractivity contribution in [2.75, 3.05) is 7.11 Å². The highest BCUT2D eigenvalue weighted by molar-refractivity contribution is 8.26. The molecule has 0 aliphatic carbocycles. The number of nitrogens with one attached hydrogen (secondary N) is 1. The average Bonchev–Trinajstić information content (AvgIpc) is 3.44. The smallest absolute Gasteiger partial charge is 0.335 e. The normalized spacial score (nSPS) is 14.2. The van der Waals surface area contributed by atoms with Crippen molar-refractivity contribution >= 4 is 58.1 Å². The molecule has 2 aromatic carbocycles. The number of ether oxygens (including phenoxy) is 1. The number of thiocarbonyl (C=S) groups is 1. The Morgan fingerprint density at radius 3 is 2.22 bits per heavy atom. The van der Waals surface area contributed by atoms with Crippen molar-refractivity contribution in [3.8, 4) is 17.1 Å². The number of rotatable bonds is 7. The maximum absolute atomic E-state index is 12.8. The molecule has 3 aromatic rings. The van der Waals surface area contributed by atoms with Crippen LogP contribution in [0.3, 0.4) is 0 Å². The molecule has 0 saturated carbocycles. The average molecular weight is 525 g/mol. The minimum Gasteiger partial charge on any atom is -0.497 e. The molecule has 2 heterocycles. The van der Waals surface area contributed by atoms with Gasteiger partial charge in [0, 0.05) is 17.2 Å². The van der Waals surface area contributed by atoms with Crippen molar-refractivity contribution in [1.82, 2.24) is 10.4 Å². The van der Waals surface area contributed by atoms with Gasteiger partial charge in [0.15, 0.2) is 4.32 Å². The highest BCUT2D eigenvalue weighted by Crippen LogP contribution is 2.33. The highest BCUT2D eigenvalue weighted by Gasteiger charge is 2.34. The Labute approximate surface area is 213 Å². The fourth-order valence-electron chi connectivity index (χ4n) is 3.20. The third kappa shape index (κ3) is 5.14. The molecule has 0 unspecified atom stereocenters. The molecule has 10 nitrogen and oxygen atoms in total. The number of carboxylic acids is 2. The van der Waals surface area contributed by atoms with Gasteiger partial charge in [-0.1, -0.05) is 11.8 Å². The summed E-state index contributed by atoms with van der Waals surface area (Å²) in [7, 11) is 1.50. The van der Waals surface area contributed by atoms with Crippen molar-refractivity contribution in [2.45, 2.75) is 0 Å². The van der Waals surface area contributed by atoms with E-state index in [4.69, 9.17) is 21.4 Å². The van der Waals surface area contributed by atoms with E-state index in [9.17, 15) is 29.4 Å². The Kier molecular flexibility index (Phi) is 6.90. The summed E-state index contributed by atoms with van der Waals surface area (Å²) in [6.45, 7) is 0. The van der Waals surface area contributed by atoms with Crippen LogP contribution in [0.1, 0.15) is 36.8 Å². The number of carboxylic acid groups (broad SMARTS) is 2. The summed E-state index contributed by atoms with van der Waals surface area (Å²) in [5.74, 6) is -2.65. The third-order valence-electron chi connectivity index (χ3n) is 4.97. The molecule has 1 aromatic heterocycles. The fraction of sp³-hybridized carbons (Fsp3) is 0.0417. The number of hydrogen-bond acceptors (Lipinski definition) is 8. The molecular weight excluding hydrogens is 508 g/mol. The predicted molar refractivity (Wildman–Crippen MR) is 134 cm³/mol. The number of furan rings is 1. The van der Waals surface area contributed by atoms with Gasteiger partial charge in [-0.15, -0.1) is 0 Å². The number of hydrazine groups is 1. The summed E-state index contributed by atoms with van der Waals surface area (Å²) >= 11 is 6.19. The number of thioether (sulfide) groups is 1. The minimum absolute atomic E-state index is 0.111. The Morgan fingerprint density at radius 2 is 1.64 bits per heavy atom. The monoisotopic (exact) mass is 524 g/mol. The number of carbonyl (C=O) groups is 4. The van der Waals surface area contributed by atoms with Crippen molar-refractivity contribution < 1.29 is 38.5 Å². The summed E-state index contributed by atoms with van der Waals surface area (Å²) < 4.78 is 10.9. The van der Waals surface area contributed by atoms with Crippen LogP contribution in [0.5, 0.6) is 5.75 Å². The van der Waals surface area contributed by atoms with Crippen molar-refractivity contribution in [3.63, 3.8) is 0 Å². The molecule has 1 aliphatic heterocycles. The van der Waals surface area contributed by atoms with Crippen LogP contribution >= 0.6 is 24.0 Å². The van der Waals surface area contributed by atoms with Gasteiger partial charge < -0.3 is 19.4 Å². The van der Waals surface area contributed by atoms with Gasteiger partial charge in [0.25, 0.3) is 11.8 Å². The zero-order valence-corrected chi connectivity index (χ0v) is 20.0. The fourth-order valence-corrected chi connectivity index (χ4v) is 4.36. The van der Waals surface area contributed by atoms with E-state index in [-0.39, 0.29) is 37.4 Å². The summed E-state index contributed by atoms with van der Waals surface area (Å²) in [4.78, 5) is 48.3. The zero-order chi connectivity index (χ0) is 26.0. The number of hydrogen-bond donors (Lipinski definition) is 3. The second-order valence-corrected chi connectivity index (χ2v) is 8.97. The van der Waals surface area contributed by atoms with Gasteiger partial charge in [0.1, 0.15) is 17.3 Å². The number of benzene rings is 2. The Hall–Kier alpha value is -4.42. The molecule has 0 bridgehead atoms. The molecule has 1 saturated heterocycles. The van der Waals surface area contributed by atoms with Gasteiger partial charge in [-0.3, -0.25) is 15.0 Å². The van der Waals surface area contributed by atoms with E-state index >= 15 is 0 Å². The van der Waals surface area contributed by atoms with Crippen LogP contribution in [0.4, 0.5) is 0 Å². The van der Waals surface area contributed by atoms with Crippen molar-refractivity contribution in [1.29, 1.82) is 0 Å². The van der Waals surface area contributed by atoms with E-state index in [0.717, 1.165) is 22.8 Å². The first-order valence-corrected chi connectivity index (χ1v) is 11.3. The molecule has 36 heavy (non-hydrogen) atoms. The predicted octanol–water partition coefficient (Wildman–Crippen LogP) is 3.90. The van der Waals surface area contributed by atoms with E-state index in [1.807, 2.05) is 0 Å². The first-order valence-electron chi connectivity index (χ1n) is 10.1. The van der Waals surface area contributed by atoms with Gasteiger partial charge in [-0.25, -0.2) is 9.59 Å². The Bertz CT molecular complexity index is 1410. The number of aromatic carboxylic acids is 2. The van der Waals surface area contributed by atoms with E-state index in [0.29, 0.717) is 11.3 Å². The molecule has 0 spiro atoms. The SMILES string of the molecule is COc1ccc(C(=O)NN2C(=O)/C(=C\c3ccc(-c4cc(C(=O)O)cc(C(=O)O)c4)o3)SC2=S)cc1. The maximum Gasteiger partial charge on any atom is 0.335 e. The number of carbonyl (C=O) groups excluding carboxylic acids is 2. The van der Waals surface area contributed by atoms with E-state index in [2.05, 4.69) is 5.43 Å². The third-order valence-corrected chi connectivity index (χ3v) is 6.27. The molecule has 1 aliphatic rings. The van der Waals surface area contributed by atoms with Crippen LogP contribution in [0.2, 0.25) is 0 Å². The first-order chi connectivity index (χ1) is 17.2. The van der Waals surface area contributed by atoms with Gasteiger partial charge in [-0.05, 0) is 66.8 Å². The summed E-state index contributed by atoms with van der Waals surface area (Å²) in [5, 5.41) is 19.5. The first kappa shape index (κ1) is 24.7. The number of amides is 2. The standard InChI is InChI=1S/C24H16N2O8S2/c1-33-16-4-2-12(3-5-16)20(27)25-26-21(28)19(36-24(26)35)11-17-6-7-18(34-17)13-8-14(22(29)30)10-15(9-13)23(31)32/h2-11H,1H3,(H,25,27)(H,29,30)(H,31,32)/b19-11+. The second kappa shape index (κ2) is 10.1. The Morgan fingerprint density at radius 1 is 1.00 bits per heavy atom. The summed E-state index contributed by atoms with van der Waals surface area (Å²) in [6, 6.07) is 13.0. The lowest BCUT2D eigenvalue weighted by molar-refractivity contribution is -0.123. The lowest BCUT2D eigenvalue weighted by Crippen LogP contribution is -2.44. The van der Waals surface area contributed by atoms with Crippen LogP contribution in [0, 0.1) is 0 Å². The van der Waals surface area contributed by atoms with Crippen LogP contribution in [0.15, 0.2) is 63.9 Å². The van der Waals surface area contributed by atoms with Gasteiger partial charge in [0.2, 0.25) is 0 Å². The molecule has 12 heteroatoms. The van der Waals surface area contributed by atoms with Crippen molar-refractivity contribution in [2.24, 2.45) is 0 Å². The largest absolute Gasteiger partial charge is 0.497 e. The van der Waals surface area contributed by atoms with Gasteiger partial charge >= 0.3 is 11.9 Å². The Balaban J connectivity index is 1.53. The van der Waals surface area contributed by atoms with Crippen LogP contribution in [-0.4, -0.2) is 50.4 Å². The molecule has 3 N–H and O–H groups in total. The molecule has 0 radical (unpaired) electrons. The topological polar surface area (TPSA) is 146 Å². The van der Waals surface area contributed by atoms with Gasteiger partial charge in [0.05, 0.1) is 23.1 Å². The van der Waals surface area contributed by atoms with Crippen LogP contribution < -0.4 is 10.2 Å². The molecule has 4 rings (SSSR count). The van der Waals surface area contributed by atoms with Crippen LogP contribution in [0.25, 0.3) is 17.4 Å². The molecule has 182 valence electrons. The lowest BCUT2D eigenvalue weighted by Gasteiger charge is -2.15. The molecule has 1 fully saturated rings. The van der Waals surface area contributed by atoms with E-state index in [1.165, 1.54) is 37.5 Å².